The molecule has 4 rings (SSSR count). The molecule has 124 valence electrons. The molecule has 5 heteroatoms. The van der Waals surface area contributed by atoms with Gasteiger partial charge in [-0.3, -0.25) is 4.79 Å². The minimum absolute atomic E-state index is 0.0193. The van der Waals surface area contributed by atoms with Crippen LogP contribution in [0.1, 0.15) is 34.9 Å². The number of nitrogens with zero attached hydrogens (tertiary/aromatic N) is 1. The Morgan fingerprint density at radius 1 is 1.17 bits per heavy atom. The average Bonchev–Trinajstić information content (AvgIpc) is 3.11. The van der Waals surface area contributed by atoms with Gasteiger partial charge in [-0.25, -0.2) is 4.39 Å². The normalized spacial score (nSPS) is 23.0. The van der Waals surface area contributed by atoms with Crippen molar-refractivity contribution in [3.8, 4) is 0 Å². The molecule has 1 fully saturated rings. The first-order valence-corrected chi connectivity index (χ1v) is 8.26. The SMILES string of the molecule is O=C1c2ccccc2NC(c2ccc(F)cc2)N1CC1CCCO1. The second-order valence-corrected chi connectivity index (χ2v) is 6.24. The van der Waals surface area contributed by atoms with E-state index in [1.165, 1.54) is 12.1 Å². The molecule has 0 bridgehead atoms. The molecule has 2 unspecified atom stereocenters. The van der Waals surface area contributed by atoms with Gasteiger partial charge in [0.15, 0.2) is 0 Å². The Morgan fingerprint density at radius 3 is 2.71 bits per heavy atom. The zero-order valence-electron chi connectivity index (χ0n) is 13.2. The number of carbonyl (C=O) groups is 1. The second-order valence-electron chi connectivity index (χ2n) is 6.24. The van der Waals surface area contributed by atoms with Gasteiger partial charge in [0.1, 0.15) is 12.0 Å². The number of benzene rings is 2. The molecule has 24 heavy (non-hydrogen) atoms. The van der Waals surface area contributed by atoms with Gasteiger partial charge in [-0.05, 0) is 42.7 Å². The molecule has 2 aromatic carbocycles. The highest BCUT2D eigenvalue weighted by atomic mass is 19.1. The summed E-state index contributed by atoms with van der Waals surface area (Å²) in [4.78, 5) is 14.8. The second kappa shape index (κ2) is 6.24. The summed E-state index contributed by atoms with van der Waals surface area (Å²) in [6, 6.07) is 13.8. The summed E-state index contributed by atoms with van der Waals surface area (Å²) in [7, 11) is 0. The lowest BCUT2D eigenvalue weighted by atomic mass is 10.0. The van der Waals surface area contributed by atoms with Gasteiger partial charge < -0.3 is 15.0 Å². The highest BCUT2D eigenvalue weighted by Gasteiger charge is 2.35. The predicted octanol–water partition coefficient (Wildman–Crippen LogP) is 3.57. The summed E-state index contributed by atoms with van der Waals surface area (Å²) < 4.78 is 19.0. The van der Waals surface area contributed by atoms with Crippen molar-refractivity contribution in [2.45, 2.75) is 25.1 Å². The maximum absolute atomic E-state index is 13.3. The van der Waals surface area contributed by atoms with E-state index in [4.69, 9.17) is 4.74 Å². The number of amides is 1. The van der Waals surface area contributed by atoms with E-state index in [-0.39, 0.29) is 24.0 Å². The van der Waals surface area contributed by atoms with Crippen molar-refractivity contribution in [2.24, 2.45) is 0 Å². The summed E-state index contributed by atoms with van der Waals surface area (Å²) in [5, 5.41) is 3.41. The van der Waals surface area contributed by atoms with Gasteiger partial charge in [-0.2, -0.15) is 0 Å². The van der Waals surface area contributed by atoms with Crippen LogP contribution < -0.4 is 5.32 Å². The molecule has 0 aliphatic carbocycles. The van der Waals surface area contributed by atoms with Gasteiger partial charge in [0.25, 0.3) is 5.91 Å². The number of carbonyl (C=O) groups excluding carboxylic acids is 1. The Balaban J connectivity index is 1.70. The van der Waals surface area contributed by atoms with Crippen LogP contribution in [-0.2, 0) is 4.74 Å². The van der Waals surface area contributed by atoms with Gasteiger partial charge in [-0.1, -0.05) is 24.3 Å². The molecule has 2 aliphatic rings. The van der Waals surface area contributed by atoms with Crippen molar-refractivity contribution in [3.05, 3.63) is 65.5 Å². The van der Waals surface area contributed by atoms with Crippen LogP contribution >= 0.6 is 0 Å². The lowest BCUT2D eigenvalue weighted by Gasteiger charge is -2.39. The van der Waals surface area contributed by atoms with Crippen LogP contribution in [-0.4, -0.2) is 30.1 Å². The third-order valence-corrected chi connectivity index (χ3v) is 4.63. The highest BCUT2D eigenvalue weighted by molar-refractivity contribution is 6.01. The van der Waals surface area contributed by atoms with Crippen molar-refractivity contribution in [2.75, 3.05) is 18.5 Å². The number of ether oxygens (including phenoxy) is 1. The average molecular weight is 326 g/mol. The van der Waals surface area contributed by atoms with Crippen molar-refractivity contribution in [3.63, 3.8) is 0 Å². The summed E-state index contributed by atoms with van der Waals surface area (Å²) in [6.07, 6.45) is 1.72. The molecular weight excluding hydrogens is 307 g/mol. The number of para-hydroxylation sites is 1. The molecule has 0 aromatic heterocycles. The molecule has 2 heterocycles. The van der Waals surface area contributed by atoms with Crippen molar-refractivity contribution in [1.29, 1.82) is 0 Å². The molecule has 1 saturated heterocycles. The Labute approximate surface area is 140 Å². The molecule has 1 amide bonds. The van der Waals surface area contributed by atoms with E-state index >= 15 is 0 Å². The zero-order valence-corrected chi connectivity index (χ0v) is 13.2. The van der Waals surface area contributed by atoms with Crippen molar-refractivity contribution in [1.82, 2.24) is 4.90 Å². The first kappa shape index (κ1) is 15.1. The Kier molecular flexibility index (Phi) is 3.94. The van der Waals surface area contributed by atoms with Gasteiger partial charge in [0.05, 0.1) is 11.7 Å². The number of rotatable bonds is 3. The van der Waals surface area contributed by atoms with E-state index in [1.807, 2.05) is 24.3 Å². The van der Waals surface area contributed by atoms with Crippen molar-refractivity contribution < 1.29 is 13.9 Å². The number of halogens is 1. The number of anilines is 1. The van der Waals surface area contributed by atoms with E-state index in [2.05, 4.69) is 5.32 Å². The maximum atomic E-state index is 13.3. The van der Waals surface area contributed by atoms with Crippen LogP contribution in [0.2, 0.25) is 0 Å². The van der Waals surface area contributed by atoms with Crippen LogP contribution in [0.3, 0.4) is 0 Å². The summed E-state index contributed by atoms with van der Waals surface area (Å²) in [5.41, 5.74) is 2.33. The van der Waals surface area contributed by atoms with E-state index in [1.54, 1.807) is 17.0 Å². The third-order valence-electron chi connectivity index (χ3n) is 4.63. The first-order valence-electron chi connectivity index (χ1n) is 8.26. The standard InChI is InChI=1S/C19H19FN2O2/c20-14-9-7-13(8-10-14)18-21-17-6-2-1-5-16(17)19(23)22(18)12-15-4-3-11-24-15/h1-2,5-10,15,18,21H,3-4,11-12H2. The van der Waals surface area contributed by atoms with Crippen LogP contribution in [0.15, 0.2) is 48.5 Å². The number of hydrogen-bond donors (Lipinski definition) is 1. The minimum atomic E-state index is -0.322. The molecule has 2 aromatic rings. The van der Waals surface area contributed by atoms with Gasteiger partial charge in [0, 0.05) is 18.8 Å². The number of hydrogen-bond acceptors (Lipinski definition) is 3. The van der Waals surface area contributed by atoms with Crippen LogP contribution in [0.25, 0.3) is 0 Å². The van der Waals surface area contributed by atoms with Crippen molar-refractivity contribution >= 4 is 11.6 Å². The lowest BCUT2D eigenvalue weighted by molar-refractivity contribution is 0.0427. The third kappa shape index (κ3) is 2.76. The Bertz CT molecular complexity index is 741. The fourth-order valence-corrected chi connectivity index (χ4v) is 3.40. The predicted molar refractivity (Wildman–Crippen MR) is 89.2 cm³/mol. The van der Waals surface area contributed by atoms with E-state index < -0.39 is 0 Å². The fourth-order valence-electron chi connectivity index (χ4n) is 3.40. The number of nitrogens with one attached hydrogen (secondary N) is 1. The van der Waals surface area contributed by atoms with E-state index in [9.17, 15) is 9.18 Å². The number of fused-ring (bicyclic) bond motifs is 1. The molecule has 0 spiro atoms. The Hall–Kier alpha value is -2.40. The maximum Gasteiger partial charge on any atom is 0.257 e. The summed E-state index contributed by atoms with van der Waals surface area (Å²) >= 11 is 0. The summed E-state index contributed by atoms with van der Waals surface area (Å²) in [5.74, 6) is -0.305. The van der Waals surface area contributed by atoms with Crippen LogP contribution in [0.4, 0.5) is 10.1 Å². The van der Waals surface area contributed by atoms with Gasteiger partial charge >= 0.3 is 0 Å². The van der Waals surface area contributed by atoms with Gasteiger partial charge in [0.2, 0.25) is 0 Å². The molecule has 0 saturated carbocycles. The largest absolute Gasteiger partial charge is 0.376 e. The molecular formula is C19H19FN2O2. The molecule has 2 aliphatic heterocycles. The van der Waals surface area contributed by atoms with Crippen LogP contribution in [0, 0.1) is 5.82 Å². The quantitative estimate of drug-likeness (QED) is 0.937. The molecule has 0 radical (unpaired) electrons. The molecule has 4 nitrogen and oxygen atoms in total. The smallest absolute Gasteiger partial charge is 0.257 e. The minimum Gasteiger partial charge on any atom is -0.376 e. The highest BCUT2D eigenvalue weighted by Crippen LogP contribution is 2.34. The Morgan fingerprint density at radius 2 is 1.96 bits per heavy atom. The van der Waals surface area contributed by atoms with E-state index in [0.29, 0.717) is 12.1 Å². The lowest BCUT2D eigenvalue weighted by Crippen LogP contribution is -2.46. The van der Waals surface area contributed by atoms with Crippen LogP contribution in [0.5, 0.6) is 0 Å². The monoisotopic (exact) mass is 326 g/mol. The molecule has 2 atom stereocenters. The van der Waals surface area contributed by atoms with E-state index in [0.717, 1.165) is 30.7 Å². The first-order chi connectivity index (χ1) is 11.7. The summed E-state index contributed by atoms with van der Waals surface area (Å²) in [6.45, 7) is 1.28. The topological polar surface area (TPSA) is 41.6 Å². The molecule has 1 N–H and O–H groups in total. The van der Waals surface area contributed by atoms with Gasteiger partial charge in [-0.15, -0.1) is 0 Å². The fraction of sp³-hybridized carbons (Fsp3) is 0.316. The zero-order chi connectivity index (χ0) is 16.5.